The van der Waals surface area contributed by atoms with Crippen LogP contribution in [0.3, 0.4) is 0 Å². The number of amides is 1. The van der Waals surface area contributed by atoms with Crippen molar-refractivity contribution in [2.24, 2.45) is 11.8 Å². The van der Waals surface area contributed by atoms with E-state index >= 15 is 0 Å². The lowest BCUT2D eigenvalue weighted by molar-refractivity contribution is 0.0767. The molecule has 1 amide bonds. The van der Waals surface area contributed by atoms with Crippen LogP contribution < -0.4 is 0 Å². The average molecular weight is 399 g/mol. The summed E-state index contributed by atoms with van der Waals surface area (Å²) in [6, 6.07) is 15.1. The minimum absolute atomic E-state index is 0.0133. The molecule has 0 aliphatic carbocycles. The molecular weight excluding hydrogens is 372 g/mol. The lowest BCUT2D eigenvalue weighted by Crippen LogP contribution is -2.33. The van der Waals surface area contributed by atoms with Crippen LogP contribution in [-0.4, -0.2) is 57.1 Å². The van der Waals surface area contributed by atoms with Gasteiger partial charge in [-0.3, -0.25) is 9.69 Å². The number of sulfone groups is 1. The Kier molecular flexibility index (Phi) is 4.79. The quantitative estimate of drug-likeness (QED) is 0.798. The Hall–Kier alpha value is -2.18. The molecule has 3 atom stereocenters. The normalized spacial score (nSPS) is 25.1. The summed E-state index contributed by atoms with van der Waals surface area (Å²) in [5.74, 6) is 0.875. The molecular formula is C22H26N2O3S. The van der Waals surface area contributed by atoms with E-state index in [-0.39, 0.29) is 10.8 Å². The lowest BCUT2D eigenvalue weighted by Gasteiger charge is -2.28. The van der Waals surface area contributed by atoms with Crippen LogP contribution in [0.15, 0.2) is 53.4 Å². The van der Waals surface area contributed by atoms with Crippen molar-refractivity contribution in [3.05, 3.63) is 65.2 Å². The second-order valence-electron chi connectivity index (χ2n) is 8.17. The highest BCUT2D eigenvalue weighted by Gasteiger charge is 2.47. The third-order valence-electron chi connectivity index (χ3n) is 6.22. The first-order chi connectivity index (χ1) is 13.3. The van der Waals surface area contributed by atoms with E-state index in [1.165, 1.54) is 29.5 Å². The van der Waals surface area contributed by atoms with Gasteiger partial charge in [0, 0.05) is 43.4 Å². The summed E-state index contributed by atoms with van der Waals surface area (Å²) in [7, 11) is -1.08. The van der Waals surface area contributed by atoms with Gasteiger partial charge in [0.05, 0.1) is 4.90 Å². The highest BCUT2D eigenvalue weighted by Crippen LogP contribution is 2.45. The summed E-state index contributed by atoms with van der Waals surface area (Å²) in [5.41, 5.74) is 3.19. The fourth-order valence-electron chi connectivity index (χ4n) is 4.84. The number of rotatable bonds is 3. The van der Waals surface area contributed by atoms with E-state index in [0.717, 1.165) is 19.6 Å². The third-order valence-corrected chi connectivity index (χ3v) is 7.35. The molecule has 2 heterocycles. The number of likely N-dealkylation sites (tertiary alicyclic amines) is 2. The standard InChI is InChI=1S/C22H26N2O3S/c1-15-6-4-5-7-19(15)21-20-14-24(13-17(20)12-23(21)2)22(25)16-8-10-18(11-9-16)28(3,26)27/h4-11,17,20-21H,12-14H2,1-3H3/t17-,20+,21-/m0/s1. The first-order valence-electron chi connectivity index (χ1n) is 9.61. The first kappa shape index (κ1) is 19.2. The van der Waals surface area contributed by atoms with Crippen LogP contribution in [0.4, 0.5) is 0 Å². The minimum Gasteiger partial charge on any atom is -0.338 e. The molecule has 0 bridgehead atoms. The lowest BCUT2D eigenvalue weighted by atomic mass is 9.88. The van der Waals surface area contributed by atoms with Gasteiger partial charge in [-0.15, -0.1) is 0 Å². The molecule has 0 radical (unpaired) electrons. The average Bonchev–Trinajstić information content (AvgIpc) is 3.18. The number of nitrogens with zero attached hydrogens (tertiary/aromatic N) is 2. The molecule has 0 saturated carbocycles. The zero-order valence-corrected chi connectivity index (χ0v) is 17.3. The number of hydrogen-bond acceptors (Lipinski definition) is 4. The Bertz CT molecular complexity index is 1000. The predicted molar refractivity (Wildman–Crippen MR) is 109 cm³/mol. The Morgan fingerprint density at radius 2 is 1.68 bits per heavy atom. The molecule has 2 aromatic carbocycles. The van der Waals surface area contributed by atoms with Crippen molar-refractivity contribution < 1.29 is 13.2 Å². The van der Waals surface area contributed by atoms with Gasteiger partial charge in [-0.2, -0.15) is 0 Å². The third kappa shape index (κ3) is 3.35. The van der Waals surface area contributed by atoms with E-state index < -0.39 is 9.84 Å². The van der Waals surface area contributed by atoms with Gasteiger partial charge in [-0.25, -0.2) is 8.42 Å². The van der Waals surface area contributed by atoms with Crippen LogP contribution in [0.25, 0.3) is 0 Å². The molecule has 5 nitrogen and oxygen atoms in total. The summed E-state index contributed by atoms with van der Waals surface area (Å²) in [4.78, 5) is 17.6. The number of carbonyl (C=O) groups is 1. The molecule has 2 saturated heterocycles. The topological polar surface area (TPSA) is 57.7 Å². The van der Waals surface area contributed by atoms with Gasteiger partial charge in [0.15, 0.2) is 9.84 Å². The second kappa shape index (κ2) is 7.01. The van der Waals surface area contributed by atoms with Crippen LogP contribution >= 0.6 is 0 Å². The summed E-state index contributed by atoms with van der Waals surface area (Å²) in [5, 5.41) is 0. The van der Waals surface area contributed by atoms with E-state index in [2.05, 4.69) is 43.1 Å². The first-order valence-corrected chi connectivity index (χ1v) is 11.5. The van der Waals surface area contributed by atoms with Crippen LogP contribution in [0, 0.1) is 18.8 Å². The number of fused-ring (bicyclic) bond motifs is 1. The van der Waals surface area contributed by atoms with Crippen molar-refractivity contribution in [2.45, 2.75) is 17.9 Å². The zero-order chi connectivity index (χ0) is 20.1. The van der Waals surface area contributed by atoms with Crippen LogP contribution in [0.5, 0.6) is 0 Å². The predicted octanol–water partition coefficient (Wildman–Crippen LogP) is 2.77. The van der Waals surface area contributed by atoms with E-state index in [0.29, 0.717) is 23.4 Å². The maximum absolute atomic E-state index is 13.0. The van der Waals surface area contributed by atoms with Gasteiger partial charge in [0.2, 0.25) is 0 Å². The van der Waals surface area contributed by atoms with Crippen molar-refractivity contribution in [2.75, 3.05) is 32.9 Å². The number of hydrogen-bond donors (Lipinski definition) is 0. The molecule has 2 aliphatic rings. The molecule has 0 N–H and O–H groups in total. The fraction of sp³-hybridized carbons (Fsp3) is 0.409. The van der Waals surface area contributed by atoms with Gasteiger partial charge >= 0.3 is 0 Å². The summed E-state index contributed by atoms with van der Waals surface area (Å²) >= 11 is 0. The Morgan fingerprint density at radius 3 is 2.32 bits per heavy atom. The van der Waals surface area contributed by atoms with E-state index in [9.17, 15) is 13.2 Å². The van der Waals surface area contributed by atoms with Crippen LogP contribution in [0.1, 0.15) is 27.5 Å². The molecule has 2 fully saturated rings. The van der Waals surface area contributed by atoms with Crippen molar-refractivity contribution in [3.8, 4) is 0 Å². The molecule has 148 valence electrons. The summed E-state index contributed by atoms with van der Waals surface area (Å²) < 4.78 is 23.3. The van der Waals surface area contributed by atoms with Crippen LogP contribution in [-0.2, 0) is 9.84 Å². The zero-order valence-electron chi connectivity index (χ0n) is 16.5. The van der Waals surface area contributed by atoms with Crippen molar-refractivity contribution in [1.82, 2.24) is 9.80 Å². The maximum Gasteiger partial charge on any atom is 0.253 e. The van der Waals surface area contributed by atoms with Gasteiger partial charge in [0.1, 0.15) is 0 Å². The van der Waals surface area contributed by atoms with Gasteiger partial charge in [0.25, 0.3) is 5.91 Å². The molecule has 0 unspecified atom stereocenters. The smallest absolute Gasteiger partial charge is 0.253 e. The highest BCUT2D eigenvalue weighted by molar-refractivity contribution is 7.90. The molecule has 2 aliphatic heterocycles. The van der Waals surface area contributed by atoms with Gasteiger partial charge < -0.3 is 4.90 Å². The largest absolute Gasteiger partial charge is 0.338 e. The number of aryl methyl sites for hydroxylation is 1. The van der Waals surface area contributed by atoms with Crippen molar-refractivity contribution in [1.29, 1.82) is 0 Å². The number of carbonyl (C=O) groups excluding carboxylic acids is 1. The van der Waals surface area contributed by atoms with E-state index in [1.807, 2.05) is 4.90 Å². The van der Waals surface area contributed by atoms with E-state index in [4.69, 9.17) is 0 Å². The number of benzene rings is 2. The summed E-state index contributed by atoms with van der Waals surface area (Å²) in [6.07, 6.45) is 1.17. The molecule has 28 heavy (non-hydrogen) atoms. The minimum atomic E-state index is -3.26. The monoisotopic (exact) mass is 398 g/mol. The molecule has 4 rings (SSSR count). The second-order valence-corrected chi connectivity index (χ2v) is 10.2. The SMILES string of the molecule is Cc1ccccc1[C@H]1[C@@H]2CN(C(=O)c3ccc(S(C)(=O)=O)cc3)C[C@@H]2CN1C. The Balaban J connectivity index is 1.54. The fourth-order valence-corrected chi connectivity index (χ4v) is 5.47. The van der Waals surface area contributed by atoms with Gasteiger partial charge in [-0.05, 0) is 55.3 Å². The summed E-state index contributed by atoms with van der Waals surface area (Å²) in [6.45, 7) is 4.63. The van der Waals surface area contributed by atoms with Crippen LogP contribution in [0.2, 0.25) is 0 Å². The van der Waals surface area contributed by atoms with Crippen molar-refractivity contribution >= 4 is 15.7 Å². The molecule has 2 aromatic rings. The molecule has 0 spiro atoms. The van der Waals surface area contributed by atoms with Crippen molar-refractivity contribution in [3.63, 3.8) is 0 Å². The Morgan fingerprint density at radius 1 is 1.00 bits per heavy atom. The molecule has 0 aromatic heterocycles. The van der Waals surface area contributed by atoms with Gasteiger partial charge in [-0.1, -0.05) is 24.3 Å². The van der Waals surface area contributed by atoms with E-state index in [1.54, 1.807) is 12.1 Å². The highest BCUT2D eigenvalue weighted by atomic mass is 32.2. The molecule has 6 heteroatoms. The Labute approximate surface area is 166 Å². The maximum atomic E-state index is 13.0.